The van der Waals surface area contributed by atoms with Gasteiger partial charge in [-0.15, -0.1) is 0 Å². The average Bonchev–Trinajstić information content (AvgIpc) is 3.31. The van der Waals surface area contributed by atoms with Gasteiger partial charge in [0.1, 0.15) is 11.8 Å². The number of halogens is 3. The molecular formula is C27H24F3N3O4S2. The first-order valence-electron chi connectivity index (χ1n) is 12.1. The zero-order valence-corrected chi connectivity index (χ0v) is 22.7. The molecule has 7 nitrogen and oxygen atoms in total. The van der Waals surface area contributed by atoms with Gasteiger partial charge in [0.15, 0.2) is 0 Å². The number of nitrogens with zero attached hydrogens (tertiary/aromatic N) is 1. The van der Waals surface area contributed by atoms with E-state index in [4.69, 9.17) is 0 Å². The molecule has 0 aliphatic carbocycles. The van der Waals surface area contributed by atoms with Crippen LogP contribution in [-0.2, 0) is 32.5 Å². The van der Waals surface area contributed by atoms with Crippen LogP contribution in [0.2, 0.25) is 0 Å². The molecule has 39 heavy (non-hydrogen) atoms. The van der Waals surface area contributed by atoms with Crippen LogP contribution in [0.25, 0.3) is 0 Å². The summed E-state index contributed by atoms with van der Waals surface area (Å²) in [5.74, 6) is -2.87. The van der Waals surface area contributed by atoms with Gasteiger partial charge in [0.05, 0.1) is 16.5 Å². The van der Waals surface area contributed by atoms with Crippen LogP contribution in [0.1, 0.15) is 48.3 Å². The predicted octanol–water partition coefficient (Wildman–Crippen LogP) is 4.74. The highest BCUT2D eigenvalue weighted by Crippen LogP contribution is 2.51. The van der Waals surface area contributed by atoms with Crippen molar-refractivity contribution in [1.82, 2.24) is 9.88 Å². The summed E-state index contributed by atoms with van der Waals surface area (Å²) in [7, 11) is 0. The van der Waals surface area contributed by atoms with E-state index in [2.05, 4.69) is 31.4 Å². The molecule has 2 unspecified atom stereocenters. The van der Waals surface area contributed by atoms with Crippen molar-refractivity contribution >= 4 is 46.5 Å². The fourth-order valence-electron chi connectivity index (χ4n) is 4.84. The molecule has 1 aromatic heterocycles. The van der Waals surface area contributed by atoms with Crippen molar-refractivity contribution in [3.8, 4) is 0 Å². The lowest BCUT2D eigenvalue weighted by Gasteiger charge is -2.31. The molecular weight excluding hydrogens is 551 g/mol. The number of nitrogens with one attached hydrogen (secondary N) is 2. The van der Waals surface area contributed by atoms with Gasteiger partial charge in [-0.05, 0) is 34.7 Å². The highest BCUT2D eigenvalue weighted by Gasteiger charge is 2.52. The Bertz CT molecular complexity index is 1540. The van der Waals surface area contributed by atoms with Crippen LogP contribution in [0.4, 0.5) is 18.9 Å². The fourth-order valence-corrected chi connectivity index (χ4v) is 7.58. The first kappa shape index (κ1) is 27.2. The Morgan fingerprint density at radius 1 is 1.00 bits per heavy atom. The number of thiazole rings is 1. The number of carbonyl (C=O) groups is 3. The molecule has 204 valence electrons. The SMILES string of the molecule is CC(C)(C)c1ccc([C@@H]2c3sc(=O)n(CC(=O)Nc4cccc(C(F)(F)F)c4)c3SC3C(=O)NC(=O)C32)cc1. The van der Waals surface area contributed by atoms with Crippen LogP contribution in [0.15, 0.2) is 58.4 Å². The number of amides is 3. The summed E-state index contributed by atoms with van der Waals surface area (Å²) in [6.07, 6.45) is -4.57. The summed E-state index contributed by atoms with van der Waals surface area (Å²) in [6.45, 7) is 5.77. The van der Waals surface area contributed by atoms with Crippen molar-refractivity contribution in [1.29, 1.82) is 0 Å². The quantitative estimate of drug-likeness (QED) is 0.438. The summed E-state index contributed by atoms with van der Waals surface area (Å²) in [4.78, 5) is 51.5. The molecule has 1 fully saturated rings. The van der Waals surface area contributed by atoms with Crippen molar-refractivity contribution < 1.29 is 27.6 Å². The van der Waals surface area contributed by atoms with Crippen molar-refractivity contribution in [3.63, 3.8) is 0 Å². The summed E-state index contributed by atoms with van der Waals surface area (Å²) in [5, 5.41) is 4.42. The Kier molecular flexibility index (Phi) is 6.74. The lowest BCUT2D eigenvalue weighted by molar-refractivity contribution is -0.137. The van der Waals surface area contributed by atoms with Gasteiger partial charge in [0, 0.05) is 16.5 Å². The second-order valence-electron chi connectivity index (χ2n) is 10.5. The first-order chi connectivity index (χ1) is 18.2. The largest absolute Gasteiger partial charge is 0.416 e. The maximum atomic E-state index is 13.1. The smallest absolute Gasteiger partial charge is 0.325 e. The second kappa shape index (κ2) is 9.67. The number of imide groups is 1. The zero-order valence-electron chi connectivity index (χ0n) is 21.1. The molecule has 3 aromatic rings. The molecule has 12 heteroatoms. The minimum Gasteiger partial charge on any atom is -0.325 e. The zero-order chi connectivity index (χ0) is 28.3. The van der Waals surface area contributed by atoms with E-state index in [1.807, 2.05) is 24.3 Å². The Morgan fingerprint density at radius 3 is 2.33 bits per heavy atom. The van der Waals surface area contributed by atoms with E-state index in [-0.39, 0.29) is 11.1 Å². The molecule has 5 rings (SSSR count). The molecule has 0 saturated carbocycles. The van der Waals surface area contributed by atoms with Crippen LogP contribution in [0, 0.1) is 5.92 Å². The normalized spacial score (nSPS) is 20.8. The highest BCUT2D eigenvalue weighted by molar-refractivity contribution is 8.00. The maximum absolute atomic E-state index is 13.1. The summed E-state index contributed by atoms with van der Waals surface area (Å²) in [6, 6.07) is 11.9. The van der Waals surface area contributed by atoms with Crippen molar-refractivity contribution in [2.24, 2.45) is 5.92 Å². The van der Waals surface area contributed by atoms with Crippen molar-refractivity contribution in [2.45, 2.75) is 55.1 Å². The van der Waals surface area contributed by atoms with E-state index >= 15 is 0 Å². The van der Waals surface area contributed by atoms with Gasteiger partial charge >= 0.3 is 11.0 Å². The van der Waals surface area contributed by atoms with Crippen molar-refractivity contribution in [2.75, 3.05) is 5.32 Å². The summed E-state index contributed by atoms with van der Waals surface area (Å²) in [5.41, 5.74) is 0.779. The Labute approximate surface area is 229 Å². The van der Waals surface area contributed by atoms with Crippen LogP contribution in [0.3, 0.4) is 0 Å². The number of hydrogen-bond acceptors (Lipinski definition) is 6. The van der Waals surface area contributed by atoms with Crippen LogP contribution in [0.5, 0.6) is 0 Å². The average molecular weight is 576 g/mol. The number of carbonyl (C=O) groups excluding carboxylic acids is 3. The summed E-state index contributed by atoms with van der Waals surface area (Å²) >= 11 is 1.96. The topological polar surface area (TPSA) is 97.3 Å². The van der Waals surface area contributed by atoms with Gasteiger partial charge < -0.3 is 5.32 Å². The Morgan fingerprint density at radius 2 is 1.69 bits per heavy atom. The molecule has 0 radical (unpaired) electrons. The number of thioether (sulfide) groups is 1. The third-order valence-corrected chi connectivity index (χ3v) is 9.41. The molecule has 0 bridgehead atoms. The molecule has 3 atom stereocenters. The Balaban J connectivity index is 1.49. The Hall–Kier alpha value is -3.38. The lowest BCUT2D eigenvalue weighted by Crippen LogP contribution is -2.33. The van der Waals surface area contributed by atoms with Crippen LogP contribution in [-0.4, -0.2) is 27.5 Å². The molecule has 3 amide bonds. The van der Waals surface area contributed by atoms with Gasteiger partial charge in [-0.1, -0.05) is 74.2 Å². The molecule has 2 N–H and O–H groups in total. The molecule has 2 aromatic carbocycles. The minimum atomic E-state index is -4.57. The number of hydrogen-bond donors (Lipinski definition) is 2. The highest BCUT2D eigenvalue weighted by atomic mass is 32.2. The minimum absolute atomic E-state index is 0.0581. The number of anilines is 1. The lowest BCUT2D eigenvalue weighted by atomic mass is 9.81. The second-order valence-corrected chi connectivity index (χ2v) is 12.6. The van der Waals surface area contributed by atoms with Crippen molar-refractivity contribution in [3.05, 3.63) is 79.8 Å². The standard InChI is InChI=1S/C27H24F3N3O4S2/c1-26(2,3)14-9-7-13(8-10-14)18-19-20(23(36)32-22(19)35)38-24-21(18)39-25(37)33(24)12-17(34)31-16-6-4-5-15(11-16)27(28,29)30/h4-11,18-20H,12H2,1-3H3,(H,31,34)(H,32,35,36)/t18-,19?,20?/m0/s1. The van der Waals surface area contributed by atoms with E-state index in [1.165, 1.54) is 16.7 Å². The summed E-state index contributed by atoms with van der Waals surface area (Å²) < 4.78 is 40.4. The van der Waals surface area contributed by atoms with E-state index in [9.17, 15) is 32.3 Å². The van der Waals surface area contributed by atoms with E-state index in [1.54, 1.807) is 0 Å². The monoisotopic (exact) mass is 575 g/mol. The third-order valence-electron chi connectivity index (χ3n) is 6.80. The number of aromatic nitrogens is 1. The molecule has 2 aliphatic heterocycles. The first-order valence-corrected chi connectivity index (χ1v) is 13.8. The fraction of sp³-hybridized carbons (Fsp3) is 0.333. The van der Waals surface area contributed by atoms with Gasteiger partial charge in [0.25, 0.3) is 0 Å². The molecule has 0 spiro atoms. The van der Waals surface area contributed by atoms with Gasteiger partial charge in [0.2, 0.25) is 17.7 Å². The molecule has 1 saturated heterocycles. The van der Waals surface area contributed by atoms with E-state index in [0.29, 0.717) is 9.90 Å². The third kappa shape index (κ3) is 5.14. The predicted molar refractivity (Wildman–Crippen MR) is 142 cm³/mol. The number of alkyl halides is 3. The van der Waals surface area contributed by atoms with Gasteiger partial charge in [-0.2, -0.15) is 13.2 Å². The number of benzene rings is 2. The number of fused-ring (bicyclic) bond motifs is 2. The maximum Gasteiger partial charge on any atom is 0.416 e. The van der Waals surface area contributed by atoms with Crippen LogP contribution < -0.4 is 15.5 Å². The molecule has 3 heterocycles. The van der Waals surface area contributed by atoms with Crippen LogP contribution >= 0.6 is 23.1 Å². The number of rotatable bonds is 4. The van der Waals surface area contributed by atoms with E-state index < -0.39 is 58.0 Å². The van der Waals surface area contributed by atoms with Gasteiger partial charge in [-0.25, -0.2) is 0 Å². The van der Waals surface area contributed by atoms with Gasteiger partial charge in [-0.3, -0.25) is 29.1 Å². The van der Waals surface area contributed by atoms with E-state index in [0.717, 1.165) is 46.4 Å². The molecule has 2 aliphatic rings.